The van der Waals surface area contributed by atoms with Crippen molar-refractivity contribution < 1.29 is 24.3 Å². The van der Waals surface area contributed by atoms with Crippen LogP contribution in [0, 0.1) is 11.8 Å². The summed E-state index contributed by atoms with van der Waals surface area (Å²) in [7, 11) is 0. The molecule has 3 amide bonds. The van der Waals surface area contributed by atoms with Crippen LogP contribution >= 0.6 is 11.8 Å². The molecule has 17 heteroatoms. The summed E-state index contributed by atoms with van der Waals surface area (Å²) in [6.07, 6.45) is 1.93. The highest BCUT2D eigenvalue weighted by Crippen LogP contribution is 2.51. The van der Waals surface area contributed by atoms with Crippen LogP contribution in [0.2, 0.25) is 0 Å². The van der Waals surface area contributed by atoms with Gasteiger partial charge in [-0.2, -0.15) is 0 Å². The zero-order valence-corrected chi connectivity index (χ0v) is 26.6. The van der Waals surface area contributed by atoms with Crippen LogP contribution in [0.15, 0.2) is 16.9 Å². The minimum atomic E-state index is -1.14. The van der Waals surface area contributed by atoms with Gasteiger partial charge in [0.2, 0.25) is 17.7 Å². The molecule has 4 fully saturated rings. The first-order valence-electron chi connectivity index (χ1n) is 15.9. The second kappa shape index (κ2) is 13.7. The van der Waals surface area contributed by atoms with Crippen molar-refractivity contribution in [3.8, 4) is 0 Å². The Kier molecular flexibility index (Phi) is 9.70. The van der Waals surface area contributed by atoms with Crippen molar-refractivity contribution in [2.45, 2.75) is 50.2 Å². The average Bonchev–Trinajstić information content (AvgIpc) is 3.77. The molecule has 4 saturated heterocycles. The van der Waals surface area contributed by atoms with Crippen molar-refractivity contribution >= 4 is 35.5 Å². The summed E-state index contributed by atoms with van der Waals surface area (Å²) >= 11 is 1.47. The highest BCUT2D eigenvalue weighted by molar-refractivity contribution is 8.03. The molecule has 0 spiro atoms. The van der Waals surface area contributed by atoms with Gasteiger partial charge in [0.25, 0.3) is 0 Å². The molecule has 16 nitrogen and oxygen atoms in total. The Labute approximate surface area is 266 Å². The molecule has 4 N–H and O–H groups in total. The van der Waals surface area contributed by atoms with E-state index in [1.54, 1.807) is 6.92 Å². The van der Waals surface area contributed by atoms with E-state index in [1.165, 1.54) is 27.7 Å². The number of carboxylic acids is 1. The number of nitrogens with one attached hydrogen (secondary N) is 3. The number of hydrogen-bond donors (Lipinski definition) is 4. The summed E-state index contributed by atoms with van der Waals surface area (Å²) in [5.41, 5.74) is 0.0256. The fraction of sp³-hybridized carbons (Fsp3) is 0.750. The number of thioether (sulfide) groups is 1. The van der Waals surface area contributed by atoms with Crippen molar-refractivity contribution in [3.05, 3.63) is 16.9 Å². The molecule has 5 aliphatic rings. The van der Waals surface area contributed by atoms with Crippen LogP contribution in [0.25, 0.3) is 0 Å². The molecular weight excluding hydrogens is 602 g/mol. The zero-order valence-electron chi connectivity index (χ0n) is 25.8. The van der Waals surface area contributed by atoms with E-state index in [9.17, 15) is 24.3 Å². The standard InChI is InChI=1S/C28H43N11O5S/c1-17-23-22(18(2)32-21(40)15-38-16-31-33-34-38)27(42)39(23)24(28(43)44)25(17)45-19-13-20(30-14-19)26(41)37-11-9-36(10-12-37)8-7-35-5-3-29-4-6-35/h16-20,22-23,29-30H,3-15H2,1-2H3,(H,32,40)(H,43,44)/t17-,18?,19+,20+,22-,23-/m1/s1. The summed E-state index contributed by atoms with van der Waals surface area (Å²) in [6, 6.07) is -1.16. The Balaban J connectivity index is 1.00. The smallest absolute Gasteiger partial charge is 0.353 e. The number of β-lactam (4-membered cyclic amide) rings is 1. The van der Waals surface area contributed by atoms with Gasteiger partial charge in [0, 0.05) is 94.1 Å². The van der Waals surface area contributed by atoms with E-state index >= 15 is 0 Å². The molecular formula is C28H43N11O5S. The topological polar surface area (TPSA) is 181 Å². The number of tetrazole rings is 1. The van der Waals surface area contributed by atoms with Gasteiger partial charge in [-0.3, -0.25) is 24.2 Å². The third-order valence-electron chi connectivity index (χ3n) is 9.72. The number of aromatic nitrogens is 4. The number of nitrogens with zero attached hydrogens (tertiary/aromatic N) is 8. The number of carbonyl (C=O) groups is 4. The zero-order chi connectivity index (χ0) is 31.7. The van der Waals surface area contributed by atoms with Gasteiger partial charge in [-0.05, 0) is 23.8 Å². The molecule has 0 radical (unpaired) electrons. The molecule has 246 valence electrons. The van der Waals surface area contributed by atoms with Gasteiger partial charge < -0.3 is 30.9 Å². The van der Waals surface area contributed by atoms with Crippen molar-refractivity contribution in [3.63, 3.8) is 0 Å². The Bertz CT molecular complexity index is 1300. The largest absolute Gasteiger partial charge is 0.477 e. The van der Waals surface area contributed by atoms with Gasteiger partial charge in [-0.1, -0.05) is 6.92 Å². The van der Waals surface area contributed by atoms with E-state index in [0.717, 1.165) is 52.4 Å². The third kappa shape index (κ3) is 6.72. The van der Waals surface area contributed by atoms with Crippen LogP contribution in [-0.4, -0.2) is 164 Å². The summed E-state index contributed by atoms with van der Waals surface area (Å²) in [5, 5.41) is 30.5. The number of carboxylic acid groups (broad SMARTS) is 1. The maximum atomic E-state index is 13.4. The second-order valence-electron chi connectivity index (χ2n) is 12.6. The van der Waals surface area contributed by atoms with E-state index in [-0.39, 0.29) is 53.2 Å². The molecule has 0 bridgehead atoms. The Morgan fingerprint density at radius 1 is 1.11 bits per heavy atom. The summed E-state index contributed by atoms with van der Waals surface area (Å²) in [5.74, 6) is -2.43. The van der Waals surface area contributed by atoms with E-state index in [1.807, 2.05) is 11.8 Å². The molecule has 1 aromatic rings. The third-order valence-corrected chi connectivity index (χ3v) is 11.2. The lowest BCUT2D eigenvalue weighted by atomic mass is 9.78. The van der Waals surface area contributed by atoms with Gasteiger partial charge in [0.05, 0.1) is 18.0 Å². The molecule has 6 heterocycles. The van der Waals surface area contributed by atoms with Gasteiger partial charge >= 0.3 is 5.97 Å². The highest BCUT2D eigenvalue weighted by atomic mass is 32.2. The number of carbonyl (C=O) groups excluding carboxylic acids is 3. The maximum absolute atomic E-state index is 13.4. The summed E-state index contributed by atoms with van der Waals surface area (Å²) < 4.78 is 1.29. The van der Waals surface area contributed by atoms with E-state index < -0.39 is 17.9 Å². The van der Waals surface area contributed by atoms with E-state index in [2.05, 4.69) is 41.3 Å². The highest BCUT2D eigenvalue weighted by Gasteiger charge is 2.60. The minimum absolute atomic E-state index is 0.00624. The van der Waals surface area contributed by atoms with Crippen LogP contribution in [-0.2, 0) is 25.7 Å². The van der Waals surface area contributed by atoms with Gasteiger partial charge in [-0.25, -0.2) is 9.48 Å². The number of fused-ring (bicyclic) bond motifs is 1. The number of aliphatic carboxylic acids is 1. The fourth-order valence-corrected chi connectivity index (χ4v) is 8.76. The lowest BCUT2D eigenvalue weighted by molar-refractivity contribution is -0.158. The van der Waals surface area contributed by atoms with Crippen molar-refractivity contribution in [1.82, 2.24) is 55.8 Å². The number of amides is 3. The first-order valence-corrected chi connectivity index (χ1v) is 16.7. The van der Waals surface area contributed by atoms with E-state index in [0.29, 0.717) is 31.0 Å². The summed E-state index contributed by atoms with van der Waals surface area (Å²) in [6.45, 7) is 13.7. The van der Waals surface area contributed by atoms with Crippen LogP contribution < -0.4 is 16.0 Å². The van der Waals surface area contributed by atoms with Crippen LogP contribution in [0.1, 0.15) is 20.3 Å². The van der Waals surface area contributed by atoms with Crippen LogP contribution in [0.4, 0.5) is 0 Å². The monoisotopic (exact) mass is 645 g/mol. The SMILES string of the molecule is CC(NC(=O)Cn1cnnn1)[C@H]1C(=O)N2C(C(=O)O)=C(S[C@@H]3CN[C@H](C(=O)N4CCN(CCN5CCNCC5)CC4)C3)[C@H](C)[C@H]12. The molecule has 6 rings (SSSR count). The molecule has 5 aliphatic heterocycles. The van der Waals surface area contributed by atoms with E-state index in [4.69, 9.17) is 0 Å². The predicted molar refractivity (Wildman–Crippen MR) is 163 cm³/mol. The fourth-order valence-electron chi connectivity index (χ4n) is 7.28. The maximum Gasteiger partial charge on any atom is 0.353 e. The van der Waals surface area contributed by atoms with Crippen molar-refractivity contribution in [2.75, 3.05) is 72.0 Å². The van der Waals surface area contributed by atoms with Crippen LogP contribution in [0.5, 0.6) is 0 Å². The Hall–Kier alpha value is -3.12. The first-order chi connectivity index (χ1) is 21.7. The molecule has 0 aromatic carbocycles. The molecule has 1 unspecified atom stereocenters. The number of hydrogen-bond acceptors (Lipinski definition) is 12. The van der Waals surface area contributed by atoms with Gasteiger partial charge in [0.15, 0.2) is 0 Å². The quantitative estimate of drug-likeness (QED) is 0.185. The lowest BCUT2D eigenvalue weighted by Gasteiger charge is -2.47. The minimum Gasteiger partial charge on any atom is -0.477 e. The van der Waals surface area contributed by atoms with Gasteiger partial charge in [-0.15, -0.1) is 16.9 Å². The summed E-state index contributed by atoms with van der Waals surface area (Å²) in [4.78, 5) is 60.5. The lowest BCUT2D eigenvalue weighted by Crippen LogP contribution is -2.66. The molecule has 6 atom stereocenters. The first kappa shape index (κ1) is 31.8. The average molecular weight is 646 g/mol. The molecule has 0 aliphatic carbocycles. The Morgan fingerprint density at radius 2 is 1.82 bits per heavy atom. The molecule has 45 heavy (non-hydrogen) atoms. The normalized spacial score (nSPS) is 29.9. The number of rotatable bonds is 11. The van der Waals surface area contributed by atoms with Crippen molar-refractivity contribution in [2.24, 2.45) is 11.8 Å². The predicted octanol–water partition coefficient (Wildman–Crippen LogP) is -2.54. The second-order valence-corrected chi connectivity index (χ2v) is 13.9. The number of piperazine rings is 2. The van der Waals surface area contributed by atoms with Crippen molar-refractivity contribution in [1.29, 1.82) is 0 Å². The molecule has 0 saturated carbocycles. The van der Waals surface area contributed by atoms with Crippen LogP contribution in [0.3, 0.4) is 0 Å². The Morgan fingerprint density at radius 3 is 2.49 bits per heavy atom. The molecule has 1 aromatic heterocycles. The van der Waals surface area contributed by atoms with Gasteiger partial charge in [0.1, 0.15) is 18.6 Å².